The lowest BCUT2D eigenvalue weighted by molar-refractivity contribution is -0.140. The van der Waals surface area contributed by atoms with Gasteiger partial charge in [-0.25, -0.2) is 4.79 Å². The standard InChI is InChI=1S/C12H13NO3/c1-8-3-2-4-9(7-8)10(14)13-12(5-6-12)11(15)16/h2-4,7H,5-6H2,1H3,(H,13,14)(H,15,16). The lowest BCUT2D eigenvalue weighted by Gasteiger charge is -2.12. The van der Waals surface area contributed by atoms with Crippen molar-refractivity contribution in [2.24, 2.45) is 0 Å². The molecule has 0 aromatic heterocycles. The second-order valence-corrected chi connectivity index (χ2v) is 4.21. The molecule has 0 saturated heterocycles. The van der Waals surface area contributed by atoms with E-state index in [-0.39, 0.29) is 5.91 Å². The lowest BCUT2D eigenvalue weighted by atomic mass is 10.1. The van der Waals surface area contributed by atoms with Gasteiger partial charge in [0, 0.05) is 5.56 Å². The Morgan fingerprint density at radius 3 is 2.56 bits per heavy atom. The van der Waals surface area contributed by atoms with E-state index in [2.05, 4.69) is 5.32 Å². The molecule has 0 radical (unpaired) electrons. The van der Waals surface area contributed by atoms with Crippen molar-refractivity contribution in [1.82, 2.24) is 5.32 Å². The van der Waals surface area contributed by atoms with Crippen LogP contribution in [0.1, 0.15) is 28.8 Å². The summed E-state index contributed by atoms with van der Waals surface area (Å²) in [6.45, 7) is 1.89. The molecule has 1 fully saturated rings. The van der Waals surface area contributed by atoms with Crippen molar-refractivity contribution < 1.29 is 14.7 Å². The Labute approximate surface area is 93.3 Å². The average molecular weight is 219 g/mol. The van der Waals surface area contributed by atoms with Crippen LogP contribution in [0.3, 0.4) is 0 Å². The molecule has 2 N–H and O–H groups in total. The Morgan fingerprint density at radius 1 is 1.38 bits per heavy atom. The van der Waals surface area contributed by atoms with Gasteiger partial charge in [0.25, 0.3) is 5.91 Å². The summed E-state index contributed by atoms with van der Waals surface area (Å²) in [5.74, 6) is -1.27. The summed E-state index contributed by atoms with van der Waals surface area (Å²) < 4.78 is 0. The first-order valence-electron chi connectivity index (χ1n) is 5.16. The number of carbonyl (C=O) groups is 2. The third-order valence-corrected chi connectivity index (χ3v) is 2.79. The molecule has 0 bridgehead atoms. The van der Waals surface area contributed by atoms with Gasteiger partial charge in [0.2, 0.25) is 0 Å². The van der Waals surface area contributed by atoms with Crippen LogP contribution in [0.25, 0.3) is 0 Å². The number of aryl methyl sites for hydroxylation is 1. The molecule has 16 heavy (non-hydrogen) atoms. The second-order valence-electron chi connectivity index (χ2n) is 4.21. The molecular formula is C12H13NO3. The van der Waals surface area contributed by atoms with E-state index in [1.54, 1.807) is 18.2 Å². The average Bonchev–Trinajstić information content (AvgIpc) is 2.99. The van der Waals surface area contributed by atoms with Crippen LogP contribution in [0.2, 0.25) is 0 Å². The highest BCUT2D eigenvalue weighted by atomic mass is 16.4. The van der Waals surface area contributed by atoms with Crippen LogP contribution in [0.15, 0.2) is 24.3 Å². The number of hydrogen-bond acceptors (Lipinski definition) is 2. The van der Waals surface area contributed by atoms with Crippen molar-refractivity contribution in [3.05, 3.63) is 35.4 Å². The predicted molar refractivity (Wildman–Crippen MR) is 58.2 cm³/mol. The first kappa shape index (κ1) is 10.7. The van der Waals surface area contributed by atoms with Crippen LogP contribution in [-0.4, -0.2) is 22.5 Å². The molecule has 0 spiro atoms. The van der Waals surface area contributed by atoms with Crippen molar-refractivity contribution in [3.63, 3.8) is 0 Å². The van der Waals surface area contributed by atoms with Crippen LogP contribution < -0.4 is 5.32 Å². The minimum atomic E-state index is -1.01. The fraction of sp³-hybridized carbons (Fsp3) is 0.333. The number of benzene rings is 1. The van der Waals surface area contributed by atoms with Gasteiger partial charge >= 0.3 is 5.97 Å². The van der Waals surface area contributed by atoms with E-state index in [1.165, 1.54) is 0 Å². The molecule has 4 nitrogen and oxygen atoms in total. The van der Waals surface area contributed by atoms with Gasteiger partial charge in [0.15, 0.2) is 0 Å². The number of hydrogen-bond donors (Lipinski definition) is 2. The van der Waals surface area contributed by atoms with Crippen LogP contribution in [0, 0.1) is 6.92 Å². The van der Waals surface area contributed by atoms with Gasteiger partial charge in [-0.3, -0.25) is 4.79 Å². The zero-order valence-electron chi connectivity index (χ0n) is 8.99. The maximum Gasteiger partial charge on any atom is 0.329 e. The molecule has 2 rings (SSSR count). The smallest absolute Gasteiger partial charge is 0.329 e. The van der Waals surface area contributed by atoms with E-state index in [9.17, 15) is 9.59 Å². The van der Waals surface area contributed by atoms with Gasteiger partial charge in [-0.2, -0.15) is 0 Å². The Kier molecular flexibility index (Phi) is 2.42. The van der Waals surface area contributed by atoms with Gasteiger partial charge in [0.05, 0.1) is 0 Å². The molecule has 1 amide bonds. The number of carboxylic acid groups (broad SMARTS) is 1. The van der Waals surface area contributed by atoms with Crippen LogP contribution >= 0.6 is 0 Å². The number of carboxylic acids is 1. The third-order valence-electron chi connectivity index (χ3n) is 2.79. The fourth-order valence-corrected chi connectivity index (χ4v) is 1.59. The van der Waals surface area contributed by atoms with Crippen LogP contribution in [-0.2, 0) is 4.79 Å². The minimum Gasteiger partial charge on any atom is -0.480 e. The Hall–Kier alpha value is -1.84. The number of rotatable bonds is 3. The van der Waals surface area contributed by atoms with Gasteiger partial charge in [-0.1, -0.05) is 17.7 Å². The zero-order chi connectivity index (χ0) is 11.8. The summed E-state index contributed by atoms with van der Waals surface area (Å²) in [5.41, 5.74) is 0.473. The number of amides is 1. The first-order valence-corrected chi connectivity index (χ1v) is 5.16. The first-order chi connectivity index (χ1) is 7.53. The van der Waals surface area contributed by atoms with Crippen molar-refractivity contribution >= 4 is 11.9 Å². The van der Waals surface area contributed by atoms with Gasteiger partial charge in [-0.15, -0.1) is 0 Å². The summed E-state index contributed by atoms with van der Waals surface area (Å²) in [7, 11) is 0. The molecule has 0 unspecified atom stereocenters. The molecule has 84 valence electrons. The highest BCUT2D eigenvalue weighted by Crippen LogP contribution is 2.35. The molecule has 1 aromatic rings. The van der Waals surface area contributed by atoms with E-state index in [0.717, 1.165) is 5.56 Å². The lowest BCUT2D eigenvalue weighted by Crippen LogP contribution is -2.43. The van der Waals surface area contributed by atoms with E-state index in [4.69, 9.17) is 5.11 Å². The van der Waals surface area contributed by atoms with Crippen LogP contribution in [0.5, 0.6) is 0 Å². The summed E-state index contributed by atoms with van der Waals surface area (Å²) in [6, 6.07) is 7.10. The van der Waals surface area contributed by atoms with E-state index >= 15 is 0 Å². The summed E-state index contributed by atoms with van der Waals surface area (Å²) in [6.07, 6.45) is 1.03. The number of aliphatic carboxylic acids is 1. The highest BCUT2D eigenvalue weighted by molar-refractivity contribution is 5.99. The summed E-state index contributed by atoms with van der Waals surface area (Å²) in [4.78, 5) is 22.7. The Morgan fingerprint density at radius 2 is 2.06 bits per heavy atom. The molecule has 1 aliphatic rings. The molecule has 0 aliphatic heterocycles. The number of carbonyl (C=O) groups excluding carboxylic acids is 1. The minimum absolute atomic E-state index is 0.316. The summed E-state index contributed by atoms with van der Waals surface area (Å²) in [5, 5.41) is 11.5. The summed E-state index contributed by atoms with van der Waals surface area (Å²) >= 11 is 0. The quantitative estimate of drug-likeness (QED) is 0.806. The van der Waals surface area contributed by atoms with E-state index < -0.39 is 11.5 Å². The highest BCUT2D eigenvalue weighted by Gasteiger charge is 2.51. The fourth-order valence-electron chi connectivity index (χ4n) is 1.59. The second kappa shape index (κ2) is 3.63. The SMILES string of the molecule is Cc1cccc(C(=O)NC2(C(=O)O)CC2)c1. The zero-order valence-corrected chi connectivity index (χ0v) is 8.99. The van der Waals surface area contributed by atoms with Gasteiger partial charge in [-0.05, 0) is 31.9 Å². The topological polar surface area (TPSA) is 66.4 Å². The largest absolute Gasteiger partial charge is 0.480 e. The van der Waals surface area contributed by atoms with Crippen molar-refractivity contribution in [2.75, 3.05) is 0 Å². The molecule has 0 atom stereocenters. The maximum absolute atomic E-state index is 11.8. The molecule has 1 aromatic carbocycles. The van der Waals surface area contributed by atoms with Gasteiger partial charge in [0.1, 0.15) is 5.54 Å². The van der Waals surface area contributed by atoms with Crippen molar-refractivity contribution in [2.45, 2.75) is 25.3 Å². The molecule has 1 aliphatic carbocycles. The molecule has 0 heterocycles. The maximum atomic E-state index is 11.8. The normalized spacial score (nSPS) is 16.6. The Balaban J connectivity index is 2.12. The third kappa shape index (κ3) is 1.91. The molecule has 4 heteroatoms. The molecule has 1 saturated carbocycles. The van der Waals surface area contributed by atoms with Crippen molar-refractivity contribution in [1.29, 1.82) is 0 Å². The van der Waals surface area contributed by atoms with Crippen molar-refractivity contribution in [3.8, 4) is 0 Å². The number of nitrogens with one attached hydrogen (secondary N) is 1. The Bertz CT molecular complexity index is 449. The van der Waals surface area contributed by atoms with Gasteiger partial charge < -0.3 is 10.4 Å². The van der Waals surface area contributed by atoms with E-state index in [1.807, 2.05) is 13.0 Å². The van der Waals surface area contributed by atoms with Crippen LogP contribution in [0.4, 0.5) is 0 Å². The predicted octanol–water partition coefficient (Wildman–Crippen LogP) is 1.34. The molecular weight excluding hydrogens is 206 g/mol. The van der Waals surface area contributed by atoms with E-state index in [0.29, 0.717) is 18.4 Å². The monoisotopic (exact) mass is 219 g/mol.